The Balaban J connectivity index is 2.03. The molecule has 2 rings (SSSR count). The van der Waals surface area contributed by atoms with E-state index in [4.69, 9.17) is 0 Å². The lowest BCUT2D eigenvalue weighted by Crippen LogP contribution is -2.11. The molecule has 0 unspecified atom stereocenters. The Hall–Kier alpha value is -2.02. The lowest BCUT2D eigenvalue weighted by molar-refractivity contribution is -0.0328. The number of thioether (sulfide) groups is 1. The molecule has 7 heteroatoms. The van der Waals surface area contributed by atoms with Gasteiger partial charge in [-0.05, 0) is 60.3 Å². The van der Waals surface area contributed by atoms with Gasteiger partial charge in [-0.1, -0.05) is 0 Å². The highest BCUT2D eigenvalue weighted by atomic mass is 32.2. The van der Waals surface area contributed by atoms with Crippen LogP contribution in [0.2, 0.25) is 0 Å². The third-order valence-corrected chi connectivity index (χ3v) is 3.19. The summed E-state index contributed by atoms with van der Waals surface area (Å²) in [4.78, 5) is 11.9. The minimum atomic E-state index is -4.35. The maximum atomic E-state index is 12.7. The number of anilines is 1. The Morgan fingerprint density at radius 1 is 0.952 bits per heavy atom. The van der Waals surface area contributed by atoms with Crippen LogP contribution in [0.25, 0.3) is 0 Å². The molecule has 21 heavy (non-hydrogen) atoms. The molecule has 0 heterocycles. The minimum absolute atomic E-state index is 0.0299. The summed E-state index contributed by atoms with van der Waals surface area (Å²) in [5.41, 5.74) is -3.74. The first kappa shape index (κ1) is 15.4. The molecule has 0 aliphatic rings. The van der Waals surface area contributed by atoms with E-state index >= 15 is 0 Å². The van der Waals surface area contributed by atoms with E-state index in [-0.39, 0.29) is 22.2 Å². The number of benzene rings is 2. The third kappa shape index (κ3) is 4.78. The van der Waals surface area contributed by atoms with Crippen LogP contribution in [0.3, 0.4) is 0 Å². The first-order valence-electron chi connectivity index (χ1n) is 5.76. The van der Waals surface area contributed by atoms with Gasteiger partial charge in [0.15, 0.2) is 0 Å². The van der Waals surface area contributed by atoms with E-state index in [0.717, 1.165) is 12.1 Å². The zero-order chi connectivity index (χ0) is 15.5. The summed E-state index contributed by atoms with van der Waals surface area (Å²) in [5, 5.41) is 2.52. The van der Waals surface area contributed by atoms with Crippen LogP contribution < -0.4 is 5.32 Å². The van der Waals surface area contributed by atoms with Gasteiger partial charge in [0.2, 0.25) is 0 Å². The van der Waals surface area contributed by atoms with Crippen molar-refractivity contribution < 1.29 is 22.4 Å². The van der Waals surface area contributed by atoms with Crippen LogP contribution in [0, 0.1) is 5.82 Å². The first-order valence-corrected chi connectivity index (χ1v) is 6.58. The van der Waals surface area contributed by atoms with Crippen LogP contribution in [0.1, 0.15) is 10.4 Å². The quantitative estimate of drug-likeness (QED) is 0.657. The predicted octanol–water partition coefficient (Wildman–Crippen LogP) is 4.69. The van der Waals surface area contributed by atoms with Gasteiger partial charge in [0, 0.05) is 16.1 Å². The fourth-order valence-electron chi connectivity index (χ4n) is 1.54. The molecule has 0 atom stereocenters. The minimum Gasteiger partial charge on any atom is -0.322 e. The number of amides is 1. The van der Waals surface area contributed by atoms with Crippen molar-refractivity contribution >= 4 is 23.4 Å². The average Bonchev–Trinajstić information content (AvgIpc) is 2.40. The summed E-state index contributed by atoms with van der Waals surface area (Å²) in [6.07, 6.45) is 0. The molecule has 0 saturated heterocycles. The number of rotatable bonds is 3. The Bertz CT molecular complexity index is 623. The molecule has 110 valence electrons. The molecule has 0 spiro atoms. The number of alkyl halides is 3. The van der Waals surface area contributed by atoms with Crippen LogP contribution in [0.15, 0.2) is 53.4 Å². The maximum absolute atomic E-state index is 12.7. The van der Waals surface area contributed by atoms with Crippen molar-refractivity contribution in [1.82, 2.24) is 0 Å². The van der Waals surface area contributed by atoms with Gasteiger partial charge in [-0.3, -0.25) is 4.79 Å². The van der Waals surface area contributed by atoms with Gasteiger partial charge in [0.25, 0.3) is 5.91 Å². The molecule has 2 aromatic rings. The van der Waals surface area contributed by atoms with Crippen molar-refractivity contribution in [3.05, 3.63) is 59.9 Å². The molecule has 0 fully saturated rings. The lowest BCUT2D eigenvalue weighted by Gasteiger charge is -2.08. The van der Waals surface area contributed by atoms with Crippen LogP contribution in [0.5, 0.6) is 0 Å². The Labute approximate surface area is 122 Å². The molecule has 0 aliphatic carbocycles. The number of halogens is 4. The molecule has 0 aliphatic heterocycles. The molecule has 2 nitrogen and oxygen atoms in total. The standard InChI is InChI=1S/C14H9F4NOS/c15-10-3-1-9(2-4-10)13(20)19-11-5-7-12(8-6-11)21-14(16,17)18/h1-8H,(H,19,20). The Kier molecular flexibility index (Phi) is 4.52. The predicted molar refractivity (Wildman–Crippen MR) is 72.7 cm³/mol. The van der Waals surface area contributed by atoms with E-state index in [0.29, 0.717) is 5.69 Å². The van der Waals surface area contributed by atoms with E-state index in [1.54, 1.807) is 0 Å². The second kappa shape index (κ2) is 6.17. The number of nitrogens with one attached hydrogen (secondary N) is 1. The van der Waals surface area contributed by atoms with Gasteiger partial charge in [0.1, 0.15) is 5.82 Å². The highest BCUT2D eigenvalue weighted by Gasteiger charge is 2.29. The van der Waals surface area contributed by atoms with E-state index < -0.39 is 17.2 Å². The van der Waals surface area contributed by atoms with Gasteiger partial charge in [-0.25, -0.2) is 4.39 Å². The van der Waals surface area contributed by atoms with Crippen molar-refractivity contribution in [1.29, 1.82) is 0 Å². The van der Waals surface area contributed by atoms with Crippen molar-refractivity contribution in [3.63, 3.8) is 0 Å². The fraction of sp³-hybridized carbons (Fsp3) is 0.0714. The number of carbonyl (C=O) groups is 1. The van der Waals surface area contributed by atoms with Gasteiger partial charge in [0.05, 0.1) is 0 Å². The zero-order valence-electron chi connectivity index (χ0n) is 10.4. The molecular formula is C14H9F4NOS. The highest BCUT2D eigenvalue weighted by molar-refractivity contribution is 8.00. The lowest BCUT2D eigenvalue weighted by atomic mass is 10.2. The molecule has 0 aromatic heterocycles. The average molecular weight is 315 g/mol. The molecule has 2 aromatic carbocycles. The molecular weight excluding hydrogens is 306 g/mol. The fourth-order valence-corrected chi connectivity index (χ4v) is 2.08. The molecule has 0 radical (unpaired) electrons. The second-order valence-electron chi connectivity index (χ2n) is 4.03. The first-order chi connectivity index (χ1) is 9.83. The van der Waals surface area contributed by atoms with Gasteiger partial charge < -0.3 is 5.32 Å². The SMILES string of the molecule is O=C(Nc1ccc(SC(F)(F)F)cc1)c1ccc(F)cc1. The summed E-state index contributed by atoms with van der Waals surface area (Å²) in [5.74, 6) is -0.925. The van der Waals surface area contributed by atoms with E-state index in [9.17, 15) is 22.4 Å². The largest absolute Gasteiger partial charge is 0.446 e. The number of hydrogen-bond donors (Lipinski definition) is 1. The Morgan fingerprint density at radius 3 is 2.05 bits per heavy atom. The second-order valence-corrected chi connectivity index (χ2v) is 5.17. The van der Waals surface area contributed by atoms with E-state index in [1.807, 2.05) is 0 Å². The van der Waals surface area contributed by atoms with Crippen LogP contribution in [-0.2, 0) is 0 Å². The summed E-state index contributed by atoms with van der Waals surface area (Å²) in [6, 6.07) is 10.2. The van der Waals surface area contributed by atoms with Crippen molar-refractivity contribution in [2.75, 3.05) is 5.32 Å². The third-order valence-electron chi connectivity index (χ3n) is 2.45. The van der Waals surface area contributed by atoms with Crippen molar-refractivity contribution in [2.45, 2.75) is 10.4 Å². The summed E-state index contributed by atoms with van der Waals surface area (Å²) in [6.45, 7) is 0. The molecule has 0 saturated carbocycles. The van der Waals surface area contributed by atoms with Gasteiger partial charge >= 0.3 is 5.51 Å². The van der Waals surface area contributed by atoms with Crippen LogP contribution in [-0.4, -0.2) is 11.4 Å². The van der Waals surface area contributed by atoms with E-state index in [2.05, 4.69) is 5.32 Å². The summed E-state index contributed by atoms with van der Waals surface area (Å²) in [7, 11) is 0. The number of hydrogen-bond acceptors (Lipinski definition) is 2. The number of carbonyl (C=O) groups excluding carboxylic acids is 1. The van der Waals surface area contributed by atoms with Crippen molar-refractivity contribution in [2.24, 2.45) is 0 Å². The topological polar surface area (TPSA) is 29.1 Å². The molecule has 1 amide bonds. The van der Waals surface area contributed by atoms with E-state index in [1.165, 1.54) is 36.4 Å². The van der Waals surface area contributed by atoms with Gasteiger partial charge in [-0.15, -0.1) is 0 Å². The molecule has 0 bridgehead atoms. The van der Waals surface area contributed by atoms with Crippen molar-refractivity contribution in [3.8, 4) is 0 Å². The highest BCUT2D eigenvalue weighted by Crippen LogP contribution is 2.37. The maximum Gasteiger partial charge on any atom is 0.446 e. The summed E-state index contributed by atoms with van der Waals surface area (Å²) < 4.78 is 49.2. The smallest absolute Gasteiger partial charge is 0.322 e. The van der Waals surface area contributed by atoms with Crippen LogP contribution in [0.4, 0.5) is 23.2 Å². The monoisotopic (exact) mass is 315 g/mol. The van der Waals surface area contributed by atoms with Crippen LogP contribution >= 0.6 is 11.8 Å². The zero-order valence-corrected chi connectivity index (χ0v) is 11.3. The Morgan fingerprint density at radius 2 is 1.52 bits per heavy atom. The van der Waals surface area contributed by atoms with Gasteiger partial charge in [-0.2, -0.15) is 13.2 Å². The summed E-state index contributed by atoms with van der Waals surface area (Å²) >= 11 is -0.228. The normalized spacial score (nSPS) is 11.2. The molecule has 1 N–H and O–H groups in total.